The summed E-state index contributed by atoms with van der Waals surface area (Å²) >= 11 is 0. The van der Waals surface area contributed by atoms with E-state index < -0.39 is 0 Å². The maximum atomic E-state index is 12.3. The number of anilines is 1. The highest BCUT2D eigenvalue weighted by molar-refractivity contribution is 5.97. The Kier molecular flexibility index (Phi) is 3.04. The Morgan fingerprint density at radius 3 is 2.55 bits per heavy atom. The molecule has 1 unspecified atom stereocenters. The zero-order chi connectivity index (χ0) is 14.3. The molecule has 1 fully saturated rings. The fourth-order valence-corrected chi connectivity index (χ4v) is 3.05. The Hall–Kier alpha value is -2.17. The molecule has 1 aromatic heterocycles. The number of hydrogen-bond acceptors (Lipinski definition) is 4. The minimum atomic E-state index is 0.0151. The number of carbonyl (C=O) groups excluding carboxylic acids is 1. The quantitative estimate of drug-likeness (QED) is 0.842. The van der Waals surface area contributed by atoms with Crippen LogP contribution in [0.25, 0.3) is 0 Å². The third-order valence-electron chi connectivity index (χ3n) is 3.77. The second-order valence-electron chi connectivity index (χ2n) is 5.44. The molecule has 1 atom stereocenters. The van der Waals surface area contributed by atoms with E-state index in [1.54, 1.807) is 0 Å². The molecule has 0 saturated carbocycles. The zero-order valence-corrected chi connectivity index (χ0v) is 11.9. The van der Waals surface area contributed by atoms with Crippen molar-refractivity contribution in [3.05, 3.63) is 41.0 Å². The topological polar surface area (TPSA) is 59.2 Å². The van der Waals surface area contributed by atoms with E-state index in [-0.39, 0.29) is 11.8 Å². The van der Waals surface area contributed by atoms with Crippen LogP contribution in [-0.4, -0.2) is 22.6 Å². The fourth-order valence-electron chi connectivity index (χ4n) is 3.05. The van der Waals surface area contributed by atoms with E-state index in [9.17, 15) is 4.79 Å². The van der Waals surface area contributed by atoms with Gasteiger partial charge in [-0.15, -0.1) is 0 Å². The van der Waals surface area contributed by atoms with E-state index in [4.69, 9.17) is 4.52 Å². The summed E-state index contributed by atoms with van der Waals surface area (Å²) in [7, 11) is 0. The lowest BCUT2D eigenvalue weighted by Gasteiger charge is -2.22. The Labute approximate surface area is 117 Å². The molecule has 3 rings (SSSR count). The van der Waals surface area contributed by atoms with Crippen molar-refractivity contribution in [3.8, 4) is 0 Å². The molecule has 1 amide bonds. The van der Waals surface area contributed by atoms with Gasteiger partial charge in [0.15, 0.2) is 5.82 Å². The summed E-state index contributed by atoms with van der Waals surface area (Å²) in [6.45, 7) is 6.77. The molecule has 2 heterocycles. The molecule has 1 aromatic carbocycles. The first kappa shape index (κ1) is 12.8. The van der Waals surface area contributed by atoms with Crippen LogP contribution in [0, 0.1) is 20.8 Å². The first-order valence-corrected chi connectivity index (χ1v) is 6.70. The molecule has 0 bridgehead atoms. The maximum Gasteiger partial charge on any atom is 0.227 e. The summed E-state index contributed by atoms with van der Waals surface area (Å²) in [6.07, 6.45) is 1.75. The SMILES string of the molecule is Cc1cc(C)c(N2CC(c3ncon3)CC2=O)c(C)c1. The summed E-state index contributed by atoms with van der Waals surface area (Å²) in [4.78, 5) is 18.2. The van der Waals surface area contributed by atoms with Gasteiger partial charge in [0.25, 0.3) is 0 Å². The fraction of sp³-hybridized carbons (Fsp3) is 0.400. The number of benzene rings is 1. The van der Waals surface area contributed by atoms with E-state index in [0.717, 1.165) is 16.8 Å². The van der Waals surface area contributed by atoms with Gasteiger partial charge in [-0.1, -0.05) is 22.9 Å². The highest BCUT2D eigenvalue weighted by Crippen LogP contribution is 2.34. The lowest BCUT2D eigenvalue weighted by atomic mass is 10.0. The standard InChI is InChI=1S/C15H17N3O2/c1-9-4-10(2)14(11(3)5-9)18-7-12(6-13(18)19)15-16-8-20-17-15/h4-5,8,12H,6-7H2,1-3H3. The molecule has 0 spiro atoms. The number of amides is 1. The smallest absolute Gasteiger partial charge is 0.227 e. The monoisotopic (exact) mass is 271 g/mol. The van der Waals surface area contributed by atoms with Gasteiger partial charge in [-0.25, -0.2) is 0 Å². The molecule has 1 aliphatic rings. The largest absolute Gasteiger partial charge is 0.343 e. The first-order chi connectivity index (χ1) is 9.56. The van der Waals surface area contributed by atoms with Gasteiger partial charge in [0.2, 0.25) is 12.3 Å². The second-order valence-corrected chi connectivity index (χ2v) is 5.44. The molecule has 2 aromatic rings. The van der Waals surface area contributed by atoms with Crippen LogP contribution in [0.3, 0.4) is 0 Å². The predicted molar refractivity (Wildman–Crippen MR) is 74.7 cm³/mol. The summed E-state index contributed by atoms with van der Waals surface area (Å²) < 4.78 is 4.78. The summed E-state index contributed by atoms with van der Waals surface area (Å²) in [5, 5.41) is 3.85. The lowest BCUT2D eigenvalue weighted by molar-refractivity contribution is -0.117. The highest BCUT2D eigenvalue weighted by atomic mass is 16.5. The average molecular weight is 271 g/mol. The van der Waals surface area contributed by atoms with Crippen LogP contribution in [0.2, 0.25) is 0 Å². The molecular weight excluding hydrogens is 254 g/mol. The van der Waals surface area contributed by atoms with Crippen molar-refractivity contribution in [1.29, 1.82) is 0 Å². The van der Waals surface area contributed by atoms with Crippen molar-refractivity contribution in [1.82, 2.24) is 10.1 Å². The normalized spacial score (nSPS) is 18.9. The van der Waals surface area contributed by atoms with Crippen LogP contribution in [0.15, 0.2) is 23.0 Å². The van der Waals surface area contributed by atoms with Crippen LogP contribution >= 0.6 is 0 Å². The zero-order valence-electron chi connectivity index (χ0n) is 11.9. The van der Waals surface area contributed by atoms with E-state index in [0.29, 0.717) is 18.8 Å². The molecule has 0 N–H and O–H groups in total. The number of rotatable bonds is 2. The van der Waals surface area contributed by atoms with Gasteiger partial charge < -0.3 is 9.42 Å². The molecule has 1 aliphatic heterocycles. The van der Waals surface area contributed by atoms with Crippen LogP contribution in [0.1, 0.15) is 34.9 Å². The van der Waals surface area contributed by atoms with E-state index in [1.165, 1.54) is 12.0 Å². The molecule has 5 heteroatoms. The Morgan fingerprint density at radius 1 is 1.25 bits per heavy atom. The second kappa shape index (κ2) is 4.74. The third kappa shape index (κ3) is 2.09. The Bertz CT molecular complexity index is 626. The van der Waals surface area contributed by atoms with Crippen LogP contribution in [0.5, 0.6) is 0 Å². The van der Waals surface area contributed by atoms with Gasteiger partial charge >= 0.3 is 0 Å². The molecular formula is C15H17N3O2. The molecule has 5 nitrogen and oxygen atoms in total. The maximum absolute atomic E-state index is 12.3. The highest BCUT2D eigenvalue weighted by Gasteiger charge is 2.35. The Balaban J connectivity index is 1.94. The summed E-state index contributed by atoms with van der Waals surface area (Å²) in [5.41, 5.74) is 4.49. The molecule has 20 heavy (non-hydrogen) atoms. The van der Waals surface area contributed by atoms with Gasteiger partial charge in [-0.05, 0) is 31.9 Å². The van der Waals surface area contributed by atoms with Crippen molar-refractivity contribution in [3.63, 3.8) is 0 Å². The van der Waals surface area contributed by atoms with Crippen molar-refractivity contribution < 1.29 is 9.32 Å². The molecule has 104 valence electrons. The van der Waals surface area contributed by atoms with E-state index in [2.05, 4.69) is 29.2 Å². The predicted octanol–water partition coefficient (Wildman–Crippen LogP) is 2.52. The summed E-state index contributed by atoms with van der Waals surface area (Å²) in [5.74, 6) is 0.750. The van der Waals surface area contributed by atoms with E-state index in [1.807, 2.05) is 18.7 Å². The number of hydrogen-bond donors (Lipinski definition) is 0. The molecule has 0 aliphatic carbocycles. The third-order valence-corrected chi connectivity index (χ3v) is 3.77. The van der Waals surface area contributed by atoms with Crippen molar-refractivity contribution in [2.75, 3.05) is 11.4 Å². The van der Waals surface area contributed by atoms with Crippen LogP contribution < -0.4 is 4.90 Å². The van der Waals surface area contributed by atoms with Crippen molar-refractivity contribution >= 4 is 11.6 Å². The minimum Gasteiger partial charge on any atom is -0.343 e. The number of aromatic nitrogens is 2. The minimum absolute atomic E-state index is 0.0151. The van der Waals surface area contributed by atoms with Gasteiger partial charge in [0.05, 0.1) is 0 Å². The van der Waals surface area contributed by atoms with Crippen LogP contribution in [-0.2, 0) is 4.79 Å². The Morgan fingerprint density at radius 2 is 1.95 bits per heavy atom. The number of aryl methyl sites for hydroxylation is 3. The summed E-state index contributed by atoms with van der Waals surface area (Å²) in [6, 6.07) is 4.22. The van der Waals surface area contributed by atoms with Crippen molar-refractivity contribution in [2.24, 2.45) is 0 Å². The first-order valence-electron chi connectivity index (χ1n) is 6.70. The van der Waals surface area contributed by atoms with Gasteiger partial charge in [-0.2, -0.15) is 4.98 Å². The van der Waals surface area contributed by atoms with Gasteiger partial charge in [0, 0.05) is 24.6 Å². The van der Waals surface area contributed by atoms with Crippen molar-refractivity contribution in [2.45, 2.75) is 33.1 Å². The van der Waals surface area contributed by atoms with E-state index >= 15 is 0 Å². The molecule has 0 radical (unpaired) electrons. The molecule has 1 saturated heterocycles. The average Bonchev–Trinajstić information content (AvgIpc) is 2.98. The lowest BCUT2D eigenvalue weighted by Crippen LogP contribution is -2.26. The van der Waals surface area contributed by atoms with Gasteiger partial charge in [0.1, 0.15) is 0 Å². The van der Waals surface area contributed by atoms with Crippen LogP contribution in [0.4, 0.5) is 5.69 Å². The number of nitrogens with zero attached hydrogens (tertiary/aromatic N) is 3. The number of carbonyl (C=O) groups is 1. The van der Waals surface area contributed by atoms with Gasteiger partial charge in [-0.3, -0.25) is 4.79 Å².